The van der Waals surface area contributed by atoms with Gasteiger partial charge in [0.15, 0.2) is 0 Å². The van der Waals surface area contributed by atoms with Crippen molar-refractivity contribution in [1.29, 1.82) is 0 Å². The minimum absolute atomic E-state index is 0.00504. The molecule has 1 saturated heterocycles. The Hall–Kier alpha value is -1.72. The van der Waals surface area contributed by atoms with Gasteiger partial charge in [-0.3, -0.25) is 0 Å². The first-order valence-electron chi connectivity index (χ1n) is 4.60. The van der Waals surface area contributed by atoms with Crippen LogP contribution in [0.2, 0.25) is 0 Å². The van der Waals surface area contributed by atoms with Gasteiger partial charge in [-0.05, 0) is 17.6 Å². The van der Waals surface area contributed by atoms with Gasteiger partial charge in [-0.15, -0.1) is 4.98 Å². The second-order valence-electron chi connectivity index (χ2n) is 3.39. The molecule has 14 heavy (non-hydrogen) atoms. The molecule has 2 rings (SSSR count). The quantitative estimate of drug-likeness (QED) is 0.411. The van der Waals surface area contributed by atoms with Gasteiger partial charge in [-0.25, -0.2) is 0 Å². The Balaban J connectivity index is 2.38. The molecule has 1 fully saturated rings. The van der Waals surface area contributed by atoms with E-state index in [1.165, 1.54) is 0 Å². The summed E-state index contributed by atoms with van der Waals surface area (Å²) in [6, 6.07) is 0. The van der Waals surface area contributed by atoms with Crippen LogP contribution in [0.5, 0.6) is 0 Å². The van der Waals surface area contributed by atoms with Gasteiger partial charge in [-0.2, -0.15) is 0 Å². The van der Waals surface area contributed by atoms with Crippen LogP contribution in [0, 0.1) is 0 Å². The molecule has 0 bridgehead atoms. The number of nitrogens with zero attached hydrogens (tertiary/aromatic N) is 3. The third kappa shape index (κ3) is 1.28. The normalized spacial score (nSPS) is 16.1. The van der Waals surface area contributed by atoms with Crippen LogP contribution >= 0.6 is 0 Å². The van der Waals surface area contributed by atoms with Crippen molar-refractivity contribution in [3.05, 3.63) is 6.20 Å². The van der Waals surface area contributed by atoms with Gasteiger partial charge >= 0.3 is 5.95 Å². The molecule has 5 N–H and O–H groups in total. The van der Waals surface area contributed by atoms with Gasteiger partial charge in [0.1, 0.15) is 11.9 Å². The lowest BCUT2D eigenvalue weighted by Crippen LogP contribution is -2.40. The van der Waals surface area contributed by atoms with Crippen LogP contribution < -0.4 is 21.1 Å². The lowest BCUT2D eigenvalue weighted by molar-refractivity contribution is -0.883. The molecule has 0 spiro atoms. The molecule has 1 aliphatic heterocycles. The Labute approximate surface area is 81.7 Å². The first-order valence-corrected chi connectivity index (χ1v) is 4.60. The zero-order valence-corrected chi connectivity index (χ0v) is 7.85. The highest BCUT2D eigenvalue weighted by Crippen LogP contribution is 2.23. The lowest BCUT2D eigenvalue weighted by atomic mass is 10.4. The van der Waals surface area contributed by atoms with Crippen LogP contribution in [-0.4, -0.2) is 23.3 Å². The molecular formula is C8H14N5O+. The molecule has 0 amide bonds. The summed E-state index contributed by atoms with van der Waals surface area (Å²) in [7, 11) is 0. The second kappa shape index (κ2) is 3.21. The fourth-order valence-corrected chi connectivity index (χ4v) is 1.68. The number of hydrogen-bond acceptors (Lipinski definition) is 5. The molecule has 1 aromatic heterocycles. The highest BCUT2D eigenvalue weighted by molar-refractivity contribution is 5.60. The summed E-state index contributed by atoms with van der Waals surface area (Å²) in [6.07, 6.45) is 3.90. The summed E-state index contributed by atoms with van der Waals surface area (Å²) in [5.41, 5.74) is 11.9. The summed E-state index contributed by atoms with van der Waals surface area (Å²) in [5.74, 6) is 0.254. The average Bonchev–Trinajstić information content (AvgIpc) is 2.67. The van der Waals surface area contributed by atoms with E-state index in [0.29, 0.717) is 4.73 Å². The first kappa shape index (κ1) is 8.86. The first-order chi connectivity index (χ1) is 6.70. The van der Waals surface area contributed by atoms with Gasteiger partial charge in [0.05, 0.1) is 0 Å². The van der Waals surface area contributed by atoms with E-state index in [1.54, 1.807) is 6.20 Å². The molecule has 0 aliphatic carbocycles. The van der Waals surface area contributed by atoms with E-state index in [9.17, 15) is 5.21 Å². The van der Waals surface area contributed by atoms with Crippen molar-refractivity contribution in [3.63, 3.8) is 0 Å². The zero-order valence-electron chi connectivity index (χ0n) is 7.85. The molecule has 6 heteroatoms. The van der Waals surface area contributed by atoms with Crippen LogP contribution in [0.1, 0.15) is 12.8 Å². The molecular weight excluding hydrogens is 182 g/mol. The monoisotopic (exact) mass is 196 g/mol. The maximum atomic E-state index is 9.42. The number of nitrogen functional groups attached to an aromatic ring is 2. The van der Waals surface area contributed by atoms with Crippen molar-refractivity contribution in [1.82, 2.24) is 4.98 Å². The number of anilines is 3. The minimum atomic E-state index is 0.00504. The summed E-state index contributed by atoms with van der Waals surface area (Å²) < 4.78 is 0.716. The molecule has 1 aliphatic rings. The van der Waals surface area contributed by atoms with E-state index in [4.69, 9.17) is 11.5 Å². The van der Waals surface area contributed by atoms with Crippen molar-refractivity contribution < 1.29 is 9.94 Å². The Morgan fingerprint density at radius 2 is 2.00 bits per heavy atom. The van der Waals surface area contributed by atoms with Crippen LogP contribution in [0.3, 0.4) is 0 Å². The molecule has 2 heterocycles. The van der Waals surface area contributed by atoms with Crippen LogP contribution in [-0.2, 0) is 0 Å². The molecule has 0 unspecified atom stereocenters. The third-order valence-corrected chi connectivity index (χ3v) is 2.47. The van der Waals surface area contributed by atoms with Gasteiger partial charge in [0.25, 0.3) is 5.82 Å². The highest BCUT2D eigenvalue weighted by Gasteiger charge is 2.21. The topological polar surface area (TPSA) is 92.3 Å². The number of rotatable bonds is 1. The molecule has 1 aromatic rings. The SMILES string of the molecule is Nc1ncc(N2CCCC2)c(N)[n+]1O. The van der Waals surface area contributed by atoms with Gasteiger partial charge < -0.3 is 21.6 Å². The summed E-state index contributed by atoms with van der Waals surface area (Å²) in [5, 5.41) is 9.42. The molecule has 0 radical (unpaired) electrons. The van der Waals surface area contributed by atoms with E-state index >= 15 is 0 Å². The molecule has 0 aromatic carbocycles. The van der Waals surface area contributed by atoms with Crippen molar-refractivity contribution in [2.75, 3.05) is 29.5 Å². The van der Waals surface area contributed by atoms with Crippen molar-refractivity contribution in [2.24, 2.45) is 0 Å². The Bertz CT molecular complexity index is 348. The Kier molecular flexibility index (Phi) is 2.03. The van der Waals surface area contributed by atoms with Crippen LogP contribution in [0.15, 0.2) is 6.20 Å². The Morgan fingerprint density at radius 3 is 2.64 bits per heavy atom. The summed E-state index contributed by atoms with van der Waals surface area (Å²) >= 11 is 0. The third-order valence-electron chi connectivity index (χ3n) is 2.47. The molecule has 0 saturated carbocycles. The fourth-order valence-electron chi connectivity index (χ4n) is 1.68. The van der Waals surface area contributed by atoms with Crippen LogP contribution in [0.25, 0.3) is 0 Å². The van der Waals surface area contributed by atoms with E-state index in [-0.39, 0.29) is 11.8 Å². The van der Waals surface area contributed by atoms with Crippen LogP contribution in [0.4, 0.5) is 17.5 Å². The lowest BCUT2D eigenvalue weighted by Gasteiger charge is -2.16. The van der Waals surface area contributed by atoms with E-state index in [0.717, 1.165) is 31.6 Å². The largest absolute Gasteiger partial charge is 0.382 e. The molecule has 6 nitrogen and oxygen atoms in total. The van der Waals surface area contributed by atoms with E-state index < -0.39 is 0 Å². The summed E-state index contributed by atoms with van der Waals surface area (Å²) in [4.78, 5) is 5.94. The number of nitrogens with two attached hydrogens (primary N) is 2. The van der Waals surface area contributed by atoms with Gasteiger partial charge in [0.2, 0.25) is 0 Å². The standard InChI is InChI=1S/C8H13N5O/c9-7-6(12-3-1-2-4-12)5-11-8(10)13(7)14/h5,14H,1-4H2,(H3,9,10,11)/p+1. The predicted octanol–water partition coefficient (Wildman–Crippen LogP) is -0.629. The second-order valence-corrected chi connectivity index (χ2v) is 3.39. The van der Waals surface area contributed by atoms with Crippen molar-refractivity contribution in [3.8, 4) is 0 Å². The smallest absolute Gasteiger partial charge is 0.381 e. The fraction of sp³-hybridized carbons (Fsp3) is 0.500. The summed E-state index contributed by atoms with van der Waals surface area (Å²) in [6.45, 7) is 1.91. The number of hydrogen-bond donors (Lipinski definition) is 3. The van der Waals surface area contributed by atoms with Crippen molar-refractivity contribution in [2.45, 2.75) is 12.8 Å². The van der Waals surface area contributed by atoms with E-state index in [1.807, 2.05) is 0 Å². The van der Waals surface area contributed by atoms with Gasteiger partial charge in [0, 0.05) is 13.1 Å². The zero-order chi connectivity index (χ0) is 10.1. The minimum Gasteiger partial charge on any atom is -0.382 e. The van der Waals surface area contributed by atoms with Gasteiger partial charge in [-0.1, -0.05) is 0 Å². The highest BCUT2D eigenvalue weighted by atomic mass is 16.5. The average molecular weight is 196 g/mol. The predicted molar refractivity (Wildman–Crippen MR) is 51.9 cm³/mol. The maximum Gasteiger partial charge on any atom is 0.381 e. The molecule has 76 valence electrons. The van der Waals surface area contributed by atoms with E-state index in [2.05, 4.69) is 9.88 Å². The number of aromatic nitrogens is 2. The Morgan fingerprint density at radius 1 is 1.36 bits per heavy atom. The molecule has 0 atom stereocenters. The van der Waals surface area contributed by atoms with Crippen molar-refractivity contribution >= 4 is 17.5 Å². The maximum absolute atomic E-state index is 9.42.